The molecule has 0 aromatic rings. The van der Waals surface area contributed by atoms with Gasteiger partial charge < -0.3 is 16.3 Å². The zero-order valence-electron chi connectivity index (χ0n) is 10.4. The Labute approximate surface area is 97.1 Å². The molecule has 0 saturated heterocycles. The molecule has 2 unspecified atom stereocenters. The molecule has 0 bridgehead atoms. The molecule has 94 valence electrons. The van der Waals surface area contributed by atoms with E-state index in [1.165, 1.54) is 0 Å². The number of nitrogens with zero attached hydrogens (tertiary/aromatic N) is 1. The molecule has 4 N–H and O–H groups in total. The number of nitrogens with one attached hydrogen (secondary N) is 1. The number of amides is 1. The second kappa shape index (κ2) is 7.96. The average molecular weight is 229 g/mol. The summed E-state index contributed by atoms with van der Waals surface area (Å²) in [7, 11) is 0. The van der Waals surface area contributed by atoms with Crippen LogP contribution in [0.1, 0.15) is 46.5 Å². The molecule has 0 rings (SSSR count). The molecule has 0 spiro atoms. The predicted octanol–water partition coefficient (Wildman–Crippen LogP) is 1.45. The number of hydrogen-bond acceptors (Lipinski definition) is 3. The van der Waals surface area contributed by atoms with Gasteiger partial charge in [0.1, 0.15) is 0 Å². The van der Waals surface area contributed by atoms with Crippen LogP contribution in [0.5, 0.6) is 0 Å². The van der Waals surface area contributed by atoms with E-state index in [-0.39, 0.29) is 17.8 Å². The Morgan fingerprint density at radius 1 is 1.50 bits per heavy atom. The highest BCUT2D eigenvalue weighted by Crippen LogP contribution is 2.06. The summed E-state index contributed by atoms with van der Waals surface area (Å²) < 4.78 is 0. The first-order chi connectivity index (χ1) is 7.54. The third-order valence-corrected chi connectivity index (χ3v) is 2.62. The lowest BCUT2D eigenvalue weighted by atomic mass is 10.0. The van der Waals surface area contributed by atoms with Crippen LogP contribution in [-0.2, 0) is 4.79 Å². The van der Waals surface area contributed by atoms with Crippen molar-refractivity contribution in [3.8, 4) is 0 Å². The van der Waals surface area contributed by atoms with Crippen LogP contribution in [0, 0.1) is 5.92 Å². The van der Waals surface area contributed by atoms with Crippen LogP contribution in [0.4, 0.5) is 0 Å². The molecular formula is C11H23N3O2. The zero-order chi connectivity index (χ0) is 12.6. The van der Waals surface area contributed by atoms with Gasteiger partial charge in [0.15, 0.2) is 5.84 Å². The summed E-state index contributed by atoms with van der Waals surface area (Å²) in [5.74, 6) is 0.383. The number of carbonyl (C=O) groups excluding carboxylic acids is 1. The molecule has 2 atom stereocenters. The van der Waals surface area contributed by atoms with Gasteiger partial charge >= 0.3 is 0 Å². The van der Waals surface area contributed by atoms with Gasteiger partial charge in [-0.05, 0) is 12.3 Å². The highest BCUT2D eigenvalue weighted by Gasteiger charge is 2.16. The van der Waals surface area contributed by atoms with E-state index in [9.17, 15) is 4.79 Å². The van der Waals surface area contributed by atoms with Gasteiger partial charge in [0.25, 0.3) is 0 Å². The smallest absolute Gasteiger partial charge is 0.220 e. The van der Waals surface area contributed by atoms with E-state index in [1.54, 1.807) is 0 Å². The number of amidine groups is 1. The molecule has 0 aliphatic carbocycles. The van der Waals surface area contributed by atoms with Crippen LogP contribution in [0.15, 0.2) is 5.16 Å². The van der Waals surface area contributed by atoms with Crippen molar-refractivity contribution in [2.75, 3.05) is 0 Å². The lowest BCUT2D eigenvalue weighted by Gasteiger charge is -2.17. The first kappa shape index (κ1) is 14.7. The van der Waals surface area contributed by atoms with Crippen molar-refractivity contribution in [3.05, 3.63) is 0 Å². The molecule has 0 aliphatic rings. The fraction of sp³-hybridized carbons (Fsp3) is 0.818. The maximum atomic E-state index is 11.6. The third-order valence-electron chi connectivity index (χ3n) is 2.62. The molecule has 0 radical (unpaired) electrons. The van der Waals surface area contributed by atoms with Crippen LogP contribution < -0.4 is 11.1 Å². The molecule has 0 fully saturated rings. The van der Waals surface area contributed by atoms with Crippen LogP contribution >= 0.6 is 0 Å². The second-order valence-corrected chi connectivity index (χ2v) is 4.15. The lowest BCUT2D eigenvalue weighted by Crippen LogP contribution is -2.44. The van der Waals surface area contributed by atoms with Crippen molar-refractivity contribution in [1.29, 1.82) is 0 Å². The van der Waals surface area contributed by atoms with E-state index in [0.717, 1.165) is 12.8 Å². The number of rotatable bonds is 7. The van der Waals surface area contributed by atoms with E-state index in [2.05, 4.69) is 10.5 Å². The largest absolute Gasteiger partial charge is 0.409 e. The monoisotopic (exact) mass is 229 g/mol. The molecular weight excluding hydrogens is 206 g/mol. The maximum absolute atomic E-state index is 11.6. The number of carbonyl (C=O) groups is 1. The Balaban J connectivity index is 4.23. The van der Waals surface area contributed by atoms with Crippen molar-refractivity contribution in [2.45, 2.75) is 52.5 Å². The van der Waals surface area contributed by atoms with E-state index >= 15 is 0 Å². The Hall–Kier alpha value is -1.26. The van der Waals surface area contributed by atoms with E-state index in [0.29, 0.717) is 18.8 Å². The Bertz CT molecular complexity index is 241. The number of nitrogens with two attached hydrogens (primary N) is 1. The first-order valence-electron chi connectivity index (χ1n) is 5.81. The van der Waals surface area contributed by atoms with E-state index in [4.69, 9.17) is 10.9 Å². The minimum atomic E-state index is -0.355. The summed E-state index contributed by atoms with van der Waals surface area (Å²) >= 11 is 0. The van der Waals surface area contributed by atoms with Gasteiger partial charge in [-0.3, -0.25) is 4.79 Å². The molecule has 1 amide bonds. The molecule has 0 saturated carbocycles. The fourth-order valence-electron chi connectivity index (χ4n) is 1.37. The summed E-state index contributed by atoms with van der Waals surface area (Å²) in [6.07, 6.45) is 3.00. The number of hydrogen-bond donors (Lipinski definition) is 3. The van der Waals surface area contributed by atoms with Crippen molar-refractivity contribution in [1.82, 2.24) is 5.32 Å². The molecule has 5 heteroatoms. The van der Waals surface area contributed by atoms with Gasteiger partial charge in [-0.2, -0.15) is 0 Å². The molecule has 0 aromatic carbocycles. The van der Waals surface area contributed by atoms with Gasteiger partial charge in [-0.1, -0.05) is 38.8 Å². The molecule has 0 heterocycles. The quantitative estimate of drug-likeness (QED) is 0.267. The standard InChI is InChI=1S/C11H23N3O2/c1-4-6-9(11(12)14-16)13-10(15)7-8(3)5-2/h8-9,16H,4-7H2,1-3H3,(H2,12,14)(H,13,15). The van der Waals surface area contributed by atoms with Crippen LogP contribution in [-0.4, -0.2) is 23.0 Å². The Morgan fingerprint density at radius 2 is 2.12 bits per heavy atom. The molecule has 0 aromatic heterocycles. The molecule has 16 heavy (non-hydrogen) atoms. The van der Waals surface area contributed by atoms with Crippen molar-refractivity contribution in [3.63, 3.8) is 0 Å². The Morgan fingerprint density at radius 3 is 2.56 bits per heavy atom. The highest BCUT2D eigenvalue weighted by molar-refractivity contribution is 5.89. The van der Waals surface area contributed by atoms with Crippen LogP contribution in [0.25, 0.3) is 0 Å². The van der Waals surface area contributed by atoms with Crippen molar-refractivity contribution >= 4 is 11.7 Å². The van der Waals surface area contributed by atoms with Crippen molar-refractivity contribution < 1.29 is 10.0 Å². The summed E-state index contributed by atoms with van der Waals surface area (Å²) in [6.45, 7) is 6.06. The van der Waals surface area contributed by atoms with Crippen LogP contribution in [0.2, 0.25) is 0 Å². The van der Waals surface area contributed by atoms with Gasteiger partial charge in [0, 0.05) is 6.42 Å². The maximum Gasteiger partial charge on any atom is 0.220 e. The summed E-state index contributed by atoms with van der Waals surface area (Å²) in [5, 5.41) is 14.3. The first-order valence-corrected chi connectivity index (χ1v) is 5.81. The van der Waals surface area contributed by atoms with Gasteiger partial charge in [-0.15, -0.1) is 0 Å². The SMILES string of the molecule is CCCC(NC(=O)CC(C)CC)C(N)=NO. The lowest BCUT2D eigenvalue weighted by molar-refractivity contribution is -0.122. The average Bonchev–Trinajstić information content (AvgIpc) is 2.27. The topological polar surface area (TPSA) is 87.7 Å². The Kier molecular flexibility index (Phi) is 7.33. The van der Waals surface area contributed by atoms with Gasteiger partial charge in [0.2, 0.25) is 5.91 Å². The van der Waals surface area contributed by atoms with E-state index in [1.807, 2.05) is 20.8 Å². The molecule has 0 aliphatic heterocycles. The third kappa shape index (κ3) is 5.58. The normalized spacial score (nSPS) is 15.6. The minimum absolute atomic E-state index is 0.0422. The van der Waals surface area contributed by atoms with Gasteiger partial charge in [-0.25, -0.2) is 0 Å². The summed E-state index contributed by atoms with van der Waals surface area (Å²) in [6, 6.07) is -0.355. The summed E-state index contributed by atoms with van der Waals surface area (Å²) in [5.41, 5.74) is 5.50. The van der Waals surface area contributed by atoms with Crippen molar-refractivity contribution in [2.24, 2.45) is 16.8 Å². The second-order valence-electron chi connectivity index (χ2n) is 4.15. The fourth-order valence-corrected chi connectivity index (χ4v) is 1.37. The molecule has 5 nitrogen and oxygen atoms in total. The number of oxime groups is 1. The highest BCUT2D eigenvalue weighted by atomic mass is 16.4. The predicted molar refractivity (Wildman–Crippen MR) is 64.3 cm³/mol. The minimum Gasteiger partial charge on any atom is -0.409 e. The van der Waals surface area contributed by atoms with E-state index < -0.39 is 0 Å². The summed E-state index contributed by atoms with van der Waals surface area (Å²) in [4.78, 5) is 11.6. The zero-order valence-corrected chi connectivity index (χ0v) is 10.4. The van der Waals surface area contributed by atoms with Crippen LogP contribution in [0.3, 0.4) is 0 Å². The van der Waals surface area contributed by atoms with Gasteiger partial charge in [0.05, 0.1) is 6.04 Å².